The Hall–Kier alpha value is -4.06. The normalized spacial score (nSPS) is 11.4. The molecule has 12 heteroatoms. The van der Waals surface area contributed by atoms with Crippen LogP contribution in [0.2, 0.25) is 5.02 Å². The van der Waals surface area contributed by atoms with Gasteiger partial charge in [-0.1, -0.05) is 41.9 Å². The lowest BCUT2D eigenvalue weighted by Gasteiger charge is -2.13. The van der Waals surface area contributed by atoms with Gasteiger partial charge < -0.3 is 10.6 Å². The van der Waals surface area contributed by atoms with E-state index in [4.69, 9.17) is 11.6 Å². The number of hydrogen-bond acceptors (Lipinski definition) is 5. The summed E-state index contributed by atoms with van der Waals surface area (Å²) in [6.45, 7) is 1.65. The van der Waals surface area contributed by atoms with E-state index >= 15 is 0 Å². The summed E-state index contributed by atoms with van der Waals surface area (Å²) < 4.78 is 56.4. The molecule has 0 saturated carbocycles. The van der Waals surface area contributed by atoms with Crippen LogP contribution in [0.3, 0.4) is 0 Å². The molecule has 2 amide bonds. The van der Waals surface area contributed by atoms with E-state index in [1.165, 1.54) is 42.5 Å². The molecule has 4 rings (SSSR count). The summed E-state index contributed by atoms with van der Waals surface area (Å²) in [4.78, 5) is 12.6. The molecule has 0 aliphatic carbocycles. The average Bonchev–Trinajstić information content (AvgIpc) is 2.87. The molecule has 0 atom stereocenters. The Bertz CT molecular complexity index is 1680. The van der Waals surface area contributed by atoms with Crippen molar-refractivity contribution in [1.82, 2.24) is 0 Å². The highest BCUT2D eigenvalue weighted by atomic mass is 35.5. The van der Waals surface area contributed by atoms with Crippen LogP contribution in [-0.4, -0.2) is 22.9 Å². The van der Waals surface area contributed by atoms with E-state index in [1.54, 1.807) is 61.5 Å². The number of amides is 2. The first-order valence-corrected chi connectivity index (χ1v) is 14.5. The van der Waals surface area contributed by atoms with Crippen molar-refractivity contribution in [3.63, 3.8) is 0 Å². The third-order valence-corrected chi connectivity index (χ3v) is 8.41. The highest BCUT2D eigenvalue weighted by molar-refractivity contribution is 7.93. The van der Waals surface area contributed by atoms with Crippen molar-refractivity contribution in [1.29, 1.82) is 0 Å². The third kappa shape index (κ3) is 6.82. The zero-order chi connectivity index (χ0) is 27.3. The lowest BCUT2D eigenvalue weighted by atomic mass is 10.2. The Morgan fingerprint density at radius 2 is 1.18 bits per heavy atom. The lowest BCUT2D eigenvalue weighted by molar-refractivity contribution is 0.262. The Morgan fingerprint density at radius 1 is 0.632 bits per heavy atom. The van der Waals surface area contributed by atoms with Gasteiger partial charge in [-0.25, -0.2) is 21.6 Å². The van der Waals surface area contributed by atoms with Gasteiger partial charge in [0.2, 0.25) is 0 Å². The van der Waals surface area contributed by atoms with Gasteiger partial charge in [0, 0.05) is 27.8 Å². The minimum Gasteiger partial charge on any atom is -0.308 e. The van der Waals surface area contributed by atoms with Crippen LogP contribution in [0.1, 0.15) is 5.56 Å². The molecule has 4 aromatic carbocycles. The second-order valence-electron chi connectivity index (χ2n) is 8.17. The van der Waals surface area contributed by atoms with E-state index in [9.17, 15) is 21.6 Å². The number of benzene rings is 4. The Labute approximate surface area is 226 Å². The molecule has 9 nitrogen and oxygen atoms in total. The Balaban J connectivity index is 1.47. The topological polar surface area (TPSA) is 133 Å². The number of nitrogens with one attached hydrogen (secondary N) is 4. The highest BCUT2D eigenvalue weighted by Gasteiger charge is 2.19. The fraction of sp³-hybridized carbons (Fsp3) is 0.0385. The van der Waals surface area contributed by atoms with Crippen molar-refractivity contribution >= 4 is 60.4 Å². The Morgan fingerprint density at radius 3 is 1.87 bits per heavy atom. The monoisotopic (exact) mass is 570 g/mol. The largest absolute Gasteiger partial charge is 0.323 e. The van der Waals surface area contributed by atoms with Gasteiger partial charge in [0.25, 0.3) is 20.0 Å². The second-order valence-corrected chi connectivity index (χ2v) is 11.9. The number of carbonyl (C=O) groups excluding carboxylic acids is 1. The van der Waals surface area contributed by atoms with E-state index in [1.807, 2.05) is 0 Å². The SMILES string of the molecule is Cc1ccc(NC(=O)Nc2cccc(S(=O)(=O)Nc3ccc(Cl)cc3)c2)cc1S(=O)(=O)Nc1ccccc1. The first kappa shape index (κ1) is 27.0. The molecule has 0 spiro atoms. The molecule has 0 bridgehead atoms. The zero-order valence-electron chi connectivity index (χ0n) is 20.0. The molecule has 0 aromatic heterocycles. The van der Waals surface area contributed by atoms with Gasteiger partial charge in [0.1, 0.15) is 0 Å². The summed E-state index contributed by atoms with van der Waals surface area (Å²) in [5.41, 5.74) is 1.67. The fourth-order valence-electron chi connectivity index (χ4n) is 3.45. The Kier molecular flexibility index (Phi) is 7.91. The molecule has 0 fully saturated rings. The molecule has 4 aromatic rings. The van der Waals surface area contributed by atoms with Crippen molar-refractivity contribution in [2.24, 2.45) is 0 Å². The first-order valence-electron chi connectivity index (χ1n) is 11.2. The molecular formula is C26H23ClN4O5S2. The van der Waals surface area contributed by atoms with Crippen LogP contribution in [0.25, 0.3) is 0 Å². The van der Waals surface area contributed by atoms with E-state index in [0.29, 0.717) is 22.0 Å². The second kappa shape index (κ2) is 11.1. The molecule has 4 N–H and O–H groups in total. The van der Waals surface area contributed by atoms with Crippen molar-refractivity contribution < 1.29 is 21.6 Å². The van der Waals surface area contributed by atoms with Crippen LogP contribution in [0.5, 0.6) is 0 Å². The summed E-state index contributed by atoms with van der Waals surface area (Å²) in [6, 6.07) is 24.1. The minimum absolute atomic E-state index is 0.000479. The maximum Gasteiger partial charge on any atom is 0.323 e. The van der Waals surface area contributed by atoms with E-state index in [2.05, 4.69) is 20.1 Å². The van der Waals surface area contributed by atoms with Gasteiger partial charge in [0.05, 0.1) is 9.79 Å². The number of urea groups is 1. The molecule has 196 valence electrons. The predicted molar refractivity (Wildman–Crippen MR) is 150 cm³/mol. The van der Waals surface area contributed by atoms with Crippen molar-refractivity contribution in [3.05, 3.63) is 108 Å². The minimum atomic E-state index is -3.93. The van der Waals surface area contributed by atoms with Crippen molar-refractivity contribution in [2.75, 3.05) is 20.1 Å². The van der Waals surface area contributed by atoms with Crippen LogP contribution in [0, 0.1) is 6.92 Å². The van der Waals surface area contributed by atoms with Gasteiger partial charge in [-0.3, -0.25) is 9.44 Å². The maximum absolute atomic E-state index is 12.9. The zero-order valence-corrected chi connectivity index (χ0v) is 22.4. The van der Waals surface area contributed by atoms with Crippen molar-refractivity contribution in [2.45, 2.75) is 16.7 Å². The lowest BCUT2D eigenvalue weighted by Crippen LogP contribution is -2.21. The number of halogens is 1. The summed E-state index contributed by atoms with van der Waals surface area (Å²) >= 11 is 5.84. The smallest absolute Gasteiger partial charge is 0.308 e. The molecule has 0 saturated heterocycles. The van der Waals surface area contributed by atoms with E-state index < -0.39 is 26.1 Å². The number of aryl methyl sites for hydroxylation is 1. The summed E-state index contributed by atoms with van der Waals surface area (Å²) in [6.07, 6.45) is 0. The van der Waals surface area contributed by atoms with Gasteiger partial charge in [-0.2, -0.15) is 0 Å². The molecular weight excluding hydrogens is 548 g/mol. The quantitative estimate of drug-likeness (QED) is 0.209. The van der Waals surface area contributed by atoms with Crippen LogP contribution in [-0.2, 0) is 20.0 Å². The molecule has 0 radical (unpaired) electrons. The number of hydrogen-bond donors (Lipinski definition) is 4. The molecule has 0 aliphatic rings. The molecule has 0 aliphatic heterocycles. The van der Waals surface area contributed by atoms with Gasteiger partial charge in [-0.15, -0.1) is 0 Å². The number of anilines is 4. The van der Waals surface area contributed by atoms with E-state index in [0.717, 1.165) is 0 Å². The van der Waals surface area contributed by atoms with E-state index in [-0.39, 0.29) is 21.2 Å². The average molecular weight is 571 g/mol. The van der Waals surface area contributed by atoms with Crippen molar-refractivity contribution in [3.8, 4) is 0 Å². The highest BCUT2D eigenvalue weighted by Crippen LogP contribution is 2.24. The number of carbonyl (C=O) groups is 1. The van der Waals surface area contributed by atoms with Gasteiger partial charge in [-0.05, 0) is 79.2 Å². The first-order chi connectivity index (χ1) is 18.0. The van der Waals surface area contributed by atoms with Crippen LogP contribution < -0.4 is 20.1 Å². The summed E-state index contributed by atoms with van der Waals surface area (Å²) in [5, 5.41) is 5.61. The van der Waals surface area contributed by atoms with Crippen LogP contribution in [0.15, 0.2) is 107 Å². The fourth-order valence-corrected chi connectivity index (χ4v) is 6.01. The maximum atomic E-state index is 12.9. The van der Waals surface area contributed by atoms with Gasteiger partial charge >= 0.3 is 6.03 Å². The summed E-state index contributed by atoms with van der Waals surface area (Å²) in [5.74, 6) is 0. The van der Waals surface area contributed by atoms with Gasteiger partial charge in [0.15, 0.2) is 0 Å². The predicted octanol–water partition coefficient (Wildman–Crippen LogP) is 5.89. The van der Waals surface area contributed by atoms with Crippen LogP contribution >= 0.6 is 11.6 Å². The summed E-state index contributed by atoms with van der Waals surface area (Å²) in [7, 11) is -7.85. The number of rotatable bonds is 8. The molecule has 0 unspecified atom stereocenters. The standard InChI is InChI=1S/C26H23ClN4O5S2/c1-18-10-13-23(17-25(18)38(35,36)31-20-6-3-2-4-7-20)29-26(32)28-22-8-5-9-24(16-22)37(33,34)30-21-14-11-19(27)12-15-21/h2-17,30-31H,1H3,(H2,28,29,32). The molecule has 0 heterocycles. The third-order valence-electron chi connectivity index (χ3n) is 5.26. The number of sulfonamides is 2. The molecule has 38 heavy (non-hydrogen) atoms. The van der Waals surface area contributed by atoms with Crippen LogP contribution in [0.4, 0.5) is 27.5 Å². The number of para-hydroxylation sites is 1.